The maximum Gasteiger partial charge on any atom is 0.296 e. The SMILES string of the molecule is C#CCN(C)CCc1ccco1.COS(=O)(=O)c1ccc(C)cc1. The highest BCUT2D eigenvalue weighted by atomic mass is 32.2. The van der Waals surface area contributed by atoms with Gasteiger partial charge >= 0.3 is 0 Å². The van der Waals surface area contributed by atoms with Gasteiger partial charge in [0, 0.05) is 13.0 Å². The monoisotopic (exact) mass is 349 g/mol. The van der Waals surface area contributed by atoms with Gasteiger partial charge in [-0.2, -0.15) is 8.42 Å². The van der Waals surface area contributed by atoms with Crippen molar-refractivity contribution in [2.45, 2.75) is 18.2 Å². The third-order valence-corrected chi connectivity index (χ3v) is 4.50. The van der Waals surface area contributed by atoms with E-state index in [1.165, 1.54) is 12.1 Å². The van der Waals surface area contributed by atoms with E-state index in [1.807, 2.05) is 26.1 Å². The summed E-state index contributed by atoms with van der Waals surface area (Å²) in [5.74, 6) is 3.61. The van der Waals surface area contributed by atoms with Crippen molar-refractivity contribution in [1.29, 1.82) is 0 Å². The van der Waals surface area contributed by atoms with Crippen LogP contribution < -0.4 is 0 Å². The zero-order chi connectivity index (χ0) is 18.0. The lowest BCUT2D eigenvalue weighted by Crippen LogP contribution is -2.21. The van der Waals surface area contributed by atoms with E-state index in [2.05, 4.69) is 15.0 Å². The van der Waals surface area contributed by atoms with Crippen LogP contribution in [0.25, 0.3) is 0 Å². The van der Waals surface area contributed by atoms with Crippen LogP contribution in [-0.2, 0) is 20.7 Å². The van der Waals surface area contributed by atoms with Gasteiger partial charge in [-0.05, 0) is 38.2 Å². The second kappa shape index (κ2) is 9.93. The number of hydrogen-bond donors (Lipinski definition) is 0. The van der Waals surface area contributed by atoms with Crippen LogP contribution in [0.3, 0.4) is 0 Å². The van der Waals surface area contributed by atoms with Crippen LogP contribution in [-0.4, -0.2) is 40.6 Å². The number of nitrogens with zero attached hydrogens (tertiary/aromatic N) is 1. The first kappa shape index (κ1) is 20.0. The second-order valence-corrected chi connectivity index (χ2v) is 6.92. The van der Waals surface area contributed by atoms with Crippen molar-refractivity contribution in [3.8, 4) is 12.3 Å². The molecular formula is C18H23NO4S. The van der Waals surface area contributed by atoms with Gasteiger partial charge in [0.2, 0.25) is 0 Å². The summed E-state index contributed by atoms with van der Waals surface area (Å²) in [7, 11) is -0.364. The van der Waals surface area contributed by atoms with Gasteiger partial charge < -0.3 is 4.42 Å². The summed E-state index contributed by atoms with van der Waals surface area (Å²) < 4.78 is 31.7. The Kier molecular flexibility index (Phi) is 8.27. The predicted octanol–water partition coefficient (Wildman–Crippen LogP) is 2.72. The standard InChI is InChI=1S/C10H13NO.C8H10O3S/c1-3-7-11(2)8-6-10-5-4-9-12-10;1-7-3-5-8(6-4-7)12(9,10)11-2/h1,4-5,9H,6-8H2,2H3;3-6H,1-2H3. The van der Waals surface area contributed by atoms with E-state index in [0.29, 0.717) is 6.54 Å². The number of hydrogen-bond acceptors (Lipinski definition) is 5. The van der Waals surface area contributed by atoms with Crippen molar-refractivity contribution in [1.82, 2.24) is 4.90 Å². The molecule has 0 fully saturated rings. The highest BCUT2D eigenvalue weighted by Crippen LogP contribution is 2.11. The fourth-order valence-corrected chi connectivity index (χ4v) is 2.45. The van der Waals surface area contributed by atoms with E-state index >= 15 is 0 Å². The van der Waals surface area contributed by atoms with Gasteiger partial charge in [-0.3, -0.25) is 9.08 Å². The molecule has 0 bridgehead atoms. The molecule has 6 heteroatoms. The molecule has 2 rings (SSSR count). The Morgan fingerprint density at radius 1 is 1.25 bits per heavy atom. The molecule has 0 atom stereocenters. The van der Waals surface area contributed by atoms with Crippen LogP contribution in [0.1, 0.15) is 11.3 Å². The lowest BCUT2D eigenvalue weighted by molar-refractivity contribution is 0.363. The molecule has 0 N–H and O–H groups in total. The molecule has 5 nitrogen and oxygen atoms in total. The molecule has 130 valence electrons. The van der Waals surface area contributed by atoms with E-state index in [1.54, 1.807) is 18.4 Å². The molecule has 0 radical (unpaired) electrons. The summed E-state index contributed by atoms with van der Waals surface area (Å²) in [5, 5.41) is 0. The number of aryl methyl sites for hydroxylation is 1. The molecular weight excluding hydrogens is 326 g/mol. The molecule has 0 aliphatic carbocycles. The maximum atomic E-state index is 11.1. The molecule has 0 aliphatic heterocycles. The Balaban J connectivity index is 0.000000240. The Bertz CT molecular complexity index is 728. The van der Waals surface area contributed by atoms with Crippen molar-refractivity contribution in [2.24, 2.45) is 0 Å². The maximum absolute atomic E-state index is 11.1. The van der Waals surface area contributed by atoms with E-state index in [4.69, 9.17) is 10.8 Å². The quantitative estimate of drug-likeness (QED) is 0.593. The Morgan fingerprint density at radius 2 is 1.92 bits per heavy atom. The zero-order valence-corrected chi connectivity index (χ0v) is 15.0. The minimum Gasteiger partial charge on any atom is -0.469 e. The van der Waals surface area contributed by atoms with Gasteiger partial charge in [-0.25, -0.2) is 0 Å². The smallest absolute Gasteiger partial charge is 0.296 e. The van der Waals surface area contributed by atoms with Gasteiger partial charge in [-0.15, -0.1) is 6.42 Å². The Morgan fingerprint density at radius 3 is 2.42 bits per heavy atom. The van der Waals surface area contributed by atoms with Crippen LogP contribution in [0.5, 0.6) is 0 Å². The first-order valence-corrected chi connectivity index (χ1v) is 8.81. The van der Waals surface area contributed by atoms with Crippen LogP contribution >= 0.6 is 0 Å². The fraction of sp³-hybridized carbons (Fsp3) is 0.333. The average molecular weight is 349 g/mol. The van der Waals surface area contributed by atoms with Crippen molar-refractivity contribution in [3.05, 3.63) is 54.0 Å². The minimum atomic E-state index is -3.51. The van der Waals surface area contributed by atoms with E-state index < -0.39 is 10.1 Å². The molecule has 1 heterocycles. The molecule has 0 unspecified atom stereocenters. The van der Waals surface area contributed by atoms with Gasteiger partial charge in [0.05, 0.1) is 24.8 Å². The summed E-state index contributed by atoms with van der Waals surface area (Å²) >= 11 is 0. The molecule has 0 saturated heterocycles. The van der Waals surface area contributed by atoms with Gasteiger partial charge in [0.1, 0.15) is 5.76 Å². The summed E-state index contributed by atoms with van der Waals surface area (Å²) in [5.41, 5.74) is 1.02. The van der Waals surface area contributed by atoms with Crippen LogP contribution in [0.2, 0.25) is 0 Å². The van der Waals surface area contributed by atoms with Crippen molar-refractivity contribution >= 4 is 10.1 Å². The first-order valence-electron chi connectivity index (χ1n) is 7.40. The lowest BCUT2D eigenvalue weighted by Gasteiger charge is -2.10. The van der Waals surface area contributed by atoms with Crippen molar-refractivity contribution in [2.75, 3.05) is 27.2 Å². The Labute approximate surface area is 144 Å². The van der Waals surface area contributed by atoms with Gasteiger partial charge in [-0.1, -0.05) is 23.6 Å². The van der Waals surface area contributed by atoms with Crippen molar-refractivity contribution in [3.63, 3.8) is 0 Å². The normalized spacial score (nSPS) is 10.8. The molecule has 2 aromatic rings. The molecule has 1 aromatic carbocycles. The number of rotatable bonds is 6. The molecule has 24 heavy (non-hydrogen) atoms. The molecule has 0 aliphatic rings. The van der Waals surface area contributed by atoms with Crippen LogP contribution in [0.4, 0.5) is 0 Å². The van der Waals surface area contributed by atoms with Crippen LogP contribution in [0, 0.1) is 19.3 Å². The highest BCUT2D eigenvalue weighted by molar-refractivity contribution is 7.86. The summed E-state index contributed by atoms with van der Waals surface area (Å²) in [6.45, 7) is 3.53. The van der Waals surface area contributed by atoms with Gasteiger partial charge in [0.25, 0.3) is 10.1 Å². The number of likely N-dealkylation sites (N-methyl/N-ethyl adjacent to an activating group) is 1. The van der Waals surface area contributed by atoms with E-state index in [-0.39, 0.29) is 4.90 Å². The fourth-order valence-electron chi connectivity index (χ4n) is 1.79. The second-order valence-electron chi connectivity index (χ2n) is 5.21. The predicted molar refractivity (Wildman–Crippen MR) is 94.1 cm³/mol. The molecule has 0 spiro atoms. The molecule has 0 saturated carbocycles. The number of furan rings is 1. The Hall–Kier alpha value is -2.07. The largest absolute Gasteiger partial charge is 0.469 e. The minimum absolute atomic E-state index is 0.190. The first-order chi connectivity index (χ1) is 11.4. The highest BCUT2D eigenvalue weighted by Gasteiger charge is 2.11. The van der Waals surface area contributed by atoms with Crippen molar-refractivity contribution < 1.29 is 17.0 Å². The van der Waals surface area contributed by atoms with Crippen LogP contribution in [0.15, 0.2) is 52.0 Å². The van der Waals surface area contributed by atoms with E-state index in [0.717, 1.165) is 31.4 Å². The summed E-state index contributed by atoms with van der Waals surface area (Å²) in [4.78, 5) is 2.28. The topological polar surface area (TPSA) is 59.8 Å². The molecule has 1 aromatic heterocycles. The van der Waals surface area contributed by atoms with E-state index in [9.17, 15) is 8.42 Å². The number of terminal acetylenes is 1. The number of benzene rings is 1. The summed E-state index contributed by atoms with van der Waals surface area (Å²) in [6, 6.07) is 10.4. The zero-order valence-electron chi connectivity index (χ0n) is 14.2. The third kappa shape index (κ3) is 7.01. The average Bonchev–Trinajstić information content (AvgIpc) is 3.08. The molecule has 0 amide bonds. The third-order valence-electron chi connectivity index (χ3n) is 3.21. The summed E-state index contributed by atoms with van der Waals surface area (Å²) in [6.07, 6.45) is 7.78. The lowest BCUT2D eigenvalue weighted by atomic mass is 10.2. The van der Waals surface area contributed by atoms with Gasteiger partial charge in [0.15, 0.2) is 0 Å².